The number of piperidine rings is 1. The molecule has 3 aromatic rings. The summed E-state index contributed by atoms with van der Waals surface area (Å²) in [6, 6.07) is 7.53. The number of carbonyl (C=O) groups is 1. The highest BCUT2D eigenvalue weighted by atomic mass is 32.2. The molecular formula is C20H23N3O3S3. The number of hydrogen-bond donors (Lipinski definition) is 0. The van der Waals surface area contributed by atoms with Gasteiger partial charge in [0, 0.05) is 26.1 Å². The molecule has 2 aromatic heterocycles. The number of nitrogens with zero attached hydrogens (tertiary/aromatic N) is 3. The van der Waals surface area contributed by atoms with Gasteiger partial charge in [-0.05, 0) is 49.3 Å². The van der Waals surface area contributed by atoms with Crippen LogP contribution in [0, 0.1) is 19.8 Å². The van der Waals surface area contributed by atoms with Crippen LogP contribution in [0.5, 0.6) is 0 Å². The van der Waals surface area contributed by atoms with Crippen LogP contribution in [-0.2, 0) is 21.9 Å². The average molecular weight is 450 g/mol. The zero-order valence-corrected chi connectivity index (χ0v) is 19.0. The van der Waals surface area contributed by atoms with E-state index in [9.17, 15) is 13.2 Å². The lowest BCUT2D eigenvalue weighted by molar-refractivity contribution is -0.122. The number of aryl methyl sites for hydroxylation is 3. The lowest BCUT2D eigenvalue weighted by atomic mass is 9.98. The maximum absolute atomic E-state index is 12.8. The highest BCUT2D eigenvalue weighted by Crippen LogP contribution is 2.27. The van der Waals surface area contributed by atoms with Crippen molar-refractivity contribution < 1.29 is 13.2 Å². The molecule has 1 fully saturated rings. The van der Waals surface area contributed by atoms with Crippen molar-refractivity contribution >= 4 is 48.8 Å². The number of hydrogen-bond acceptors (Lipinski definition) is 5. The molecule has 29 heavy (non-hydrogen) atoms. The van der Waals surface area contributed by atoms with Crippen molar-refractivity contribution in [2.75, 3.05) is 13.1 Å². The van der Waals surface area contributed by atoms with Crippen LogP contribution < -0.4 is 4.80 Å². The van der Waals surface area contributed by atoms with Crippen molar-refractivity contribution in [2.45, 2.75) is 30.9 Å². The minimum Gasteiger partial charge on any atom is -0.319 e. The number of sulfonamides is 1. The molecule has 0 spiro atoms. The van der Waals surface area contributed by atoms with Crippen LogP contribution in [-0.4, -0.2) is 36.3 Å². The molecule has 1 amide bonds. The first-order valence-corrected chi connectivity index (χ1v) is 12.6. The van der Waals surface area contributed by atoms with Gasteiger partial charge in [-0.25, -0.2) is 8.42 Å². The van der Waals surface area contributed by atoms with E-state index in [2.05, 4.69) is 31.0 Å². The van der Waals surface area contributed by atoms with Crippen molar-refractivity contribution in [3.63, 3.8) is 0 Å². The van der Waals surface area contributed by atoms with Crippen LogP contribution >= 0.6 is 22.7 Å². The first-order valence-electron chi connectivity index (χ1n) is 9.47. The first-order chi connectivity index (χ1) is 13.8. The number of amides is 1. The second-order valence-corrected chi connectivity index (χ2v) is 11.5. The molecule has 6 nitrogen and oxygen atoms in total. The third-order valence-corrected chi connectivity index (χ3v) is 9.98. The van der Waals surface area contributed by atoms with Crippen molar-refractivity contribution in [3.05, 3.63) is 45.6 Å². The van der Waals surface area contributed by atoms with Crippen LogP contribution in [0.3, 0.4) is 0 Å². The molecule has 4 rings (SSSR count). The van der Waals surface area contributed by atoms with E-state index in [0.29, 0.717) is 34.9 Å². The predicted molar refractivity (Wildman–Crippen MR) is 117 cm³/mol. The summed E-state index contributed by atoms with van der Waals surface area (Å²) in [5.74, 6) is -0.396. The Labute approximate surface area is 178 Å². The zero-order chi connectivity index (χ0) is 20.8. The Morgan fingerprint density at radius 1 is 1.14 bits per heavy atom. The maximum atomic E-state index is 12.8. The molecule has 1 saturated heterocycles. The minimum atomic E-state index is -3.45. The van der Waals surface area contributed by atoms with Gasteiger partial charge < -0.3 is 4.57 Å². The third-order valence-electron chi connectivity index (χ3n) is 5.44. The first kappa shape index (κ1) is 20.5. The number of rotatable bonds is 3. The fourth-order valence-corrected chi connectivity index (χ4v) is 7.52. The van der Waals surface area contributed by atoms with Crippen molar-refractivity contribution in [3.8, 4) is 0 Å². The summed E-state index contributed by atoms with van der Waals surface area (Å²) in [6.45, 7) is 4.82. The molecule has 154 valence electrons. The lowest BCUT2D eigenvalue weighted by Gasteiger charge is -2.29. The van der Waals surface area contributed by atoms with Gasteiger partial charge in [0.15, 0.2) is 4.80 Å². The summed E-state index contributed by atoms with van der Waals surface area (Å²) >= 11 is 2.75. The van der Waals surface area contributed by atoms with Crippen LogP contribution in [0.1, 0.15) is 24.0 Å². The van der Waals surface area contributed by atoms with Gasteiger partial charge in [0.05, 0.1) is 10.2 Å². The Morgan fingerprint density at radius 3 is 2.45 bits per heavy atom. The summed E-state index contributed by atoms with van der Waals surface area (Å²) in [5, 5.41) is 1.76. The summed E-state index contributed by atoms with van der Waals surface area (Å²) in [7, 11) is -1.51. The molecule has 1 aliphatic heterocycles. The van der Waals surface area contributed by atoms with E-state index in [1.807, 2.05) is 11.6 Å². The van der Waals surface area contributed by atoms with E-state index in [4.69, 9.17) is 0 Å². The number of aromatic nitrogens is 1. The summed E-state index contributed by atoms with van der Waals surface area (Å²) in [4.78, 5) is 17.9. The molecule has 0 bridgehead atoms. The van der Waals surface area contributed by atoms with Gasteiger partial charge in [-0.3, -0.25) is 4.79 Å². The van der Waals surface area contributed by atoms with Gasteiger partial charge in [0.2, 0.25) is 0 Å². The molecular weight excluding hydrogens is 426 g/mol. The van der Waals surface area contributed by atoms with Crippen LogP contribution in [0.4, 0.5) is 0 Å². The van der Waals surface area contributed by atoms with Crippen molar-refractivity contribution in [2.24, 2.45) is 18.0 Å². The largest absolute Gasteiger partial charge is 0.319 e. The number of thiophene rings is 1. The lowest BCUT2D eigenvalue weighted by Crippen LogP contribution is -2.40. The van der Waals surface area contributed by atoms with E-state index in [1.165, 1.54) is 32.5 Å². The summed E-state index contributed by atoms with van der Waals surface area (Å²) < 4.78 is 30.3. The minimum absolute atomic E-state index is 0.157. The van der Waals surface area contributed by atoms with E-state index in [0.717, 1.165) is 15.8 Å². The molecule has 0 aliphatic carbocycles. The molecule has 0 unspecified atom stereocenters. The predicted octanol–water partition coefficient (Wildman–Crippen LogP) is 3.45. The van der Waals surface area contributed by atoms with Gasteiger partial charge >= 0.3 is 0 Å². The molecule has 0 saturated carbocycles. The Kier molecular flexibility index (Phi) is 5.50. The highest BCUT2D eigenvalue weighted by Gasteiger charge is 2.32. The normalized spacial score (nSPS) is 17.3. The fourth-order valence-electron chi connectivity index (χ4n) is 3.74. The quantitative estimate of drug-likeness (QED) is 0.615. The second-order valence-electron chi connectivity index (χ2n) is 7.38. The van der Waals surface area contributed by atoms with E-state index < -0.39 is 10.0 Å². The summed E-state index contributed by atoms with van der Waals surface area (Å²) in [6.07, 6.45) is 0.999. The van der Waals surface area contributed by atoms with Crippen LogP contribution in [0.2, 0.25) is 0 Å². The van der Waals surface area contributed by atoms with E-state index >= 15 is 0 Å². The van der Waals surface area contributed by atoms with Crippen LogP contribution in [0.15, 0.2) is 38.8 Å². The highest BCUT2D eigenvalue weighted by molar-refractivity contribution is 7.91. The third kappa shape index (κ3) is 3.72. The van der Waals surface area contributed by atoms with E-state index in [-0.39, 0.29) is 11.8 Å². The van der Waals surface area contributed by atoms with E-state index in [1.54, 1.807) is 17.5 Å². The molecule has 0 radical (unpaired) electrons. The number of carbonyl (C=O) groups excluding carboxylic acids is 1. The summed E-state index contributed by atoms with van der Waals surface area (Å²) in [5.41, 5.74) is 3.44. The number of thiazole rings is 1. The Hall–Kier alpha value is -1.81. The van der Waals surface area contributed by atoms with Crippen LogP contribution in [0.25, 0.3) is 10.2 Å². The van der Waals surface area contributed by atoms with Gasteiger partial charge in [0.1, 0.15) is 4.21 Å². The maximum Gasteiger partial charge on any atom is 0.252 e. The molecule has 0 atom stereocenters. The Morgan fingerprint density at radius 2 is 1.83 bits per heavy atom. The Bertz CT molecular complexity index is 1230. The zero-order valence-electron chi connectivity index (χ0n) is 16.6. The van der Waals surface area contributed by atoms with Gasteiger partial charge in [-0.15, -0.1) is 11.3 Å². The monoisotopic (exact) mass is 449 g/mol. The number of benzene rings is 1. The second kappa shape index (κ2) is 7.79. The van der Waals surface area contributed by atoms with Crippen molar-refractivity contribution in [1.82, 2.24) is 8.87 Å². The molecule has 0 N–H and O–H groups in total. The standard InChI is InChI=1S/C20H23N3O3S3/c1-13-6-7-14(2)18-17(13)22(3)20(28-18)21-19(24)15-8-10-23(11-9-15)29(25,26)16-5-4-12-27-16/h4-7,12,15H,8-11H2,1-3H3. The average Bonchev–Trinajstić information content (AvgIpc) is 3.35. The van der Waals surface area contributed by atoms with Crippen molar-refractivity contribution in [1.29, 1.82) is 0 Å². The Balaban J connectivity index is 1.54. The molecule has 9 heteroatoms. The fraction of sp³-hybridized carbons (Fsp3) is 0.400. The topological polar surface area (TPSA) is 71.7 Å². The van der Waals surface area contributed by atoms with Gasteiger partial charge in [0.25, 0.3) is 15.9 Å². The van der Waals surface area contributed by atoms with Gasteiger partial charge in [-0.1, -0.05) is 29.5 Å². The SMILES string of the molecule is Cc1ccc(C)c2c1sc(=NC(=O)C1CCN(S(=O)(=O)c3cccs3)CC1)n2C. The smallest absolute Gasteiger partial charge is 0.252 e. The number of fused-ring (bicyclic) bond motifs is 1. The molecule has 1 aliphatic rings. The molecule has 3 heterocycles. The molecule has 1 aromatic carbocycles. The van der Waals surface area contributed by atoms with Gasteiger partial charge in [-0.2, -0.15) is 9.30 Å².